The van der Waals surface area contributed by atoms with E-state index in [2.05, 4.69) is 16.0 Å². The Morgan fingerprint density at radius 2 is 2.06 bits per heavy atom. The third-order valence-electron chi connectivity index (χ3n) is 8.01. The van der Waals surface area contributed by atoms with Crippen LogP contribution in [0.4, 0.5) is 0 Å². The van der Waals surface area contributed by atoms with E-state index >= 15 is 0 Å². The third-order valence-corrected chi connectivity index (χ3v) is 8.33. The fraction of sp³-hybridized carbons (Fsp3) is 0.520. The highest BCUT2D eigenvalue weighted by molar-refractivity contribution is 6.35. The van der Waals surface area contributed by atoms with Crippen molar-refractivity contribution < 1.29 is 4.79 Å². The van der Waals surface area contributed by atoms with E-state index in [4.69, 9.17) is 11.6 Å². The van der Waals surface area contributed by atoms with Crippen molar-refractivity contribution in [2.45, 2.75) is 50.6 Å². The number of piperidine rings is 3. The average Bonchev–Trinajstić information content (AvgIpc) is 2.79. The Labute approximate surface area is 187 Å². The van der Waals surface area contributed by atoms with E-state index in [1.165, 1.54) is 37.8 Å². The second-order valence-electron chi connectivity index (χ2n) is 9.70. The molecule has 1 N–H and O–H groups in total. The van der Waals surface area contributed by atoms with E-state index in [0.29, 0.717) is 33.8 Å². The molecule has 3 saturated heterocycles. The number of fused-ring (bicyclic) bond motifs is 7. The van der Waals surface area contributed by atoms with Gasteiger partial charge in [0, 0.05) is 30.7 Å². The molecule has 0 radical (unpaired) electrons. The Balaban J connectivity index is 1.37. The third kappa shape index (κ3) is 3.08. The van der Waals surface area contributed by atoms with E-state index in [-0.39, 0.29) is 22.9 Å². The number of rotatable bonds is 1. The van der Waals surface area contributed by atoms with Gasteiger partial charge in [0.1, 0.15) is 5.56 Å². The first-order chi connectivity index (χ1) is 15.1. The molecule has 2 aromatic rings. The zero-order chi connectivity index (χ0) is 21.1. The molecule has 1 aromatic carbocycles. The summed E-state index contributed by atoms with van der Waals surface area (Å²) >= 11 is 6.24. The fourth-order valence-electron chi connectivity index (χ4n) is 6.73. The van der Waals surface area contributed by atoms with Gasteiger partial charge < -0.3 is 9.88 Å². The van der Waals surface area contributed by atoms with E-state index in [1.807, 2.05) is 4.90 Å². The molecule has 4 aliphatic rings. The largest absolute Gasteiger partial charge is 0.359 e. The van der Waals surface area contributed by atoms with Gasteiger partial charge in [-0.05, 0) is 62.6 Å². The number of nitrogens with one attached hydrogen (secondary N) is 1. The number of likely N-dealkylation sites (tertiary alicyclic amines) is 1. The molecule has 0 spiro atoms. The van der Waals surface area contributed by atoms with E-state index in [1.54, 1.807) is 24.4 Å². The summed E-state index contributed by atoms with van der Waals surface area (Å²) in [4.78, 5) is 34.6. The van der Waals surface area contributed by atoms with Gasteiger partial charge in [0.25, 0.3) is 5.91 Å². The van der Waals surface area contributed by atoms with Crippen LogP contribution in [0.2, 0.25) is 5.02 Å². The predicted octanol–water partition coefficient (Wildman–Crippen LogP) is 4.22. The molecule has 1 aromatic heterocycles. The van der Waals surface area contributed by atoms with Crippen molar-refractivity contribution in [3.05, 3.63) is 56.9 Å². The van der Waals surface area contributed by atoms with Crippen LogP contribution in [-0.2, 0) is 0 Å². The second-order valence-corrected chi connectivity index (χ2v) is 10.1. The van der Waals surface area contributed by atoms with Crippen LogP contribution in [0, 0.1) is 11.8 Å². The SMILES string of the molecule is O=C(c1c[nH]c2c(Cl)cccc2c1=O)N1CCCC2=C[C@H]3C[C@@H](CN4CCCC[C@H]34)[C@@H]21. The molecule has 5 nitrogen and oxygen atoms in total. The van der Waals surface area contributed by atoms with Gasteiger partial charge in [0.2, 0.25) is 5.43 Å². The van der Waals surface area contributed by atoms with Crippen LogP contribution in [0.5, 0.6) is 0 Å². The molecule has 4 atom stereocenters. The summed E-state index contributed by atoms with van der Waals surface area (Å²) in [6, 6.07) is 6.07. The Hall–Kier alpha value is -2.11. The van der Waals surface area contributed by atoms with Crippen molar-refractivity contribution in [3.8, 4) is 0 Å². The van der Waals surface area contributed by atoms with Crippen LogP contribution >= 0.6 is 11.6 Å². The normalized spacial score (nSPS) is 30.5. The Morgan fingerprint density at radius 1 is 1.16 bits per heavy atom. The predicted molar refractivity (Wildman–Crippen MR) is 123 cm³/mol. The summed E-state index contributed by atoms with van der Waals surface area (Å²) in [5.74, 6) is 0.960. The topological polar surface area (TPSA) is 56.4 Å². The minimum atomic E-state index is -0.231. The van der Waals surface area contributed by atoms with Gasteiger partial charge in [-0.15, -0.1) is 0 Å². The number of para-hydroxylation sites is 1. The van der Waals surface area contributed by atoms with Crippen LogP contribution in [-0.4, -0.2) is 52.4 Å². The zero-order valence-electron chi connectivity index (χ0n) is 17.6. The fourth-order valence-corrected chi connectivity index (χ4v) is 6.96. The highest BCUT2D eigenvalue weighted by Gasteiger charge is 2.47. The maximum Gasteiger partial charge on any atom is 0.259 e. The molecular formula is C25H28ClN3O2. The number of carbonyl (C=O) groups is 1. The lowest BCUT2D eigenvalue weighted by Gasteiger charge is -2.54. The number of hydrogen-bond acceptors (Lipinski definition) is 3. The highest BCUT2D eigenvalue weighted by atomic mass is 35.5. The summed E-state index contributed by atoms with van der Waals surface area (Å²) in [5.41, 5.74) is 2.02. The molecular weight excluding hydrogens is 410 g/mol. The number of aromatic amines is 1. The first-order valence-electron chi connectivity index (χ1n) is 11.7. The van der Waals surface area contributed by atoms with Gasteiger partial charge in [0.15, 0.2) is 0 Å². The molecule has 4 heterocycles. The number of amides is 1. The van der Waals surface area contributed by atoms with Gasteiger partial charge in [-0.25, -0.2) is 0 Å². The lowest BCUT2D eigenvalue weighted by Crippen LogP contribution is -2.60. The molecule has 3 aliphatic heterocycles. The summed E-state index contributed by atoms with van der Waals surface area (Å²) in [6.45, 7) is 2.99. The molecule has 31 heavy (non-hydrogen) atoms. The average molecular weight is 438 g/mol. The number of H-pyrrole nitrogens is 1. The molecule has 1 amide bonds. The molecule has 0 saturated carbocycles. The monoisotopic (exact) mass is 437 g/mol. The van der Waals surface area contributed by atoms with Gasteiger partial charge in [-0.1, -0.05) is 35.7 Å². The molecule has 1 aliphatic carbocycles. The Kier molecular flexibility index (Phi) is 4.73. The maximum atomic E-state index is 13.7. The van der Waals surface area contributed by atoms with Crippen LogP contribution in [0.3, 0.4) is 0 Å². The highest BCUT2D eigenvalue weighted by Crippen LogP contribution is 2.45. The van der Waals surface area contributed by atoms with Crippen molar-refractivity contribution in [1.29, 1.82) is 0 Å². The minimum Gasteiger partial charge on any atom is -0.359 e. The summed E-state index contributed by atoms with van der Waals surface area (Å²) in [5, 5.41) is 0.970. The second kappa shape index (κ2) is 7.49. The number of benzene rings is 1. The quantitative estimate of drug-likeness (QED) is 0.679. The molecule has 3 fully saturated rings. The lowest BCUT2D eigenvalue weighted by atomic mass is 9.68. The number of carbonyl (C=O) groups excluding carboxylic acids is 1. The van der Waals surface area contributed by atoms with Crippen molar-refractivity contribution in [3.63, 3.8) is 0 Å². The van der Waals surface area contributed by atoms with Crippen LogP contribution in [0.1, 0.15) is 48.9 Å². The van der Waals surface area contributed by atoms with Crippen molar-refractivity contribution >= 4 is 28.4 Å². The van der Waals surface area contributed by atoms with Crippen molar-refractivity contribution in [2.75, 3.05) is 19.6 Å². The molecule has 2 bridgehead atoms. The van der Waals surface area contributed by atoms with Crippen molar-refractivity contribution in [1.82, 2.24) is 14.8 Å². The van der Waals surface area contributed by atoms with Crippen molar-refractivity contribution in [2.24, 2.45) is 11.8 Å². The zero-order valence-corrected chi connectivity index (χ0v) is 18.4. The smallest absolute Gasteiger partial charge is 0.259 e. The van der Waals surface area contributed by atoms with Gasteiger partial charge >= 0.3 is 0 Å². The van der Waals surface area contributed by atoms with Crippen LogP contribution < -0.4 is 5.43 Å². The maximum absolute atomic E-state index is 13.7. The first-order valence-corrected chi connectivity index (χ1v) is 12.0. The molecule has 6 rings (SSSR count). The number of pyridine rings is 1. The van der Waals surface area contributed by atoms with E-state index in [9.17, 15) is 9.59 Å². The van der Waals surface area contributed by atoms with Crippen LogP contribution in [0.15, 0.2) is 40.8 Å². The molecule has 0 unspecified atom stereocenters. The van der Waals surface area contributed by atoms with Gasteiger partial charge in [0.05, 0.1) is 16.6 Å². The van der Waals surface area contributed by atoms with E-state index in [0.717, 1.165) is 25.9 Å². The summed E-state index contributed by atoms with van der Waals surface area (Å²) in [6.07, 6.45) is 11.2. The van der Waals surface area contributed by atoms with Gasteiger partial charge in [-0.3, -0.25) is 14.5 Å². The summed E-state index contributed by atoms with van der Waals surface area (Å²) < 4.78 is 0. The van der Waals surface area contributed by atoms with Gasteiger partial charge in [-0.2, -0.15) is 0 Å². The number of nitrogens with zero attached hydrogens (tertiary/aromatic N) is 2. The van der Waals surface area contributed by atoms with Crippen LogP contribution in [0.25, 0.3) is 10.9 Å². The minimum absolute atomic E-state index is 0.134. The lowest BCUT2D eigenvalue weighted by molar-refractivity contribution is 0.00143. The van der Waals surface area contributed by atoms with E-state index < -0.39 is 0 Å². The number of hydrogen-bond donors (Lipinski definition) is 1. The number of halogens is 1. The molecule has 162 valence electrons. The Bertz CT molecular complexity index is 1140. The number of aromatic nitrogens is 1. The first kappa shape index (κ1) is 19.6. The Morgan fingerprint density at radius 3 is 2.97 bits per heavy atom. The standard InChI is InChI=1S/C25H28ClN3O2/c26-20-7-3-6-18-22(20)27-13-19(24(18)30)25(31)29-10-4-5-15-11-16-12-17(23(15)29)14-28-9-2-1-8-21(16)28/h3,6-7,11,13,16-17,21,23H,1-2,4-5,8-10,12,14H2,(H,27,30)/t16-,17-,21+,23+/m0/s1. The summed E-state index contributed by atoms with van der Waals surface area (Å²) in [7, 11) is 0. The molecule has 6 heteroatoms.